The molecule has 1 aromatic carbocycles. The Balaban J connectivity index is 2.09. The number of aliphatic hydroxyl groups is 1. The monoisotopic (exact) mass is 247 g/mol. The third-order valence-corrected chi connectivity index (χ3v) is 3.16. The van der Waals surface area contributed by atoms with Gasteiger partial charge in [-0.1, -0.05) is 32.0 Å². The number of rotatable bonds is 5. The zero-order chi connectivity index (χ0) is 13.2. The van der Waals surface area contributed by atoms with Crippen LogP contribution >= 0.6 is 0 Å². The molecule has 0 amide bonds. The first kappa shape index (κ1) is 13.1. The molecule has 0 aliphatic heterocycles. The molecule has 0 bridgehead atoms. The van der Waals surface area contributed by atoms with Crippen molar-refractivity contribution in [2.24, 2.45) is 12.5 Å². The number of fused-ring (bicyclic) bond motifs is 1. The van der Waals surface area contributed by atoms with Crippen molar-refractivity contribution in [3.8, 4) is 0 Å². The van der Waals surface area contributed by atoms with Crippen molar-refractivity contribution in [2.45, 2.75) is 20.4 Å². The van der Waals surface area contributed by atoms with Crippen LogP contribution in [-0.4, -0.2) is 28.0 Å². The van der Waals surface area contributed by atoms with Crippen molar-refractivity contribution in [3.05, 3.63) is 30.0 Å². The lowest BCUT2D eigenvalue weighted by molar-refractivity contribution is 0.156. The summed E-state index contributed by atoms with van der Waals surface area (Å²) in [5.41, 5.74) is 2.11. The summed E-state index contributed by atoms with van der Waals surface area (Å²) in [6.07, 6.45) is 0. The van der Waals surface area contributed by atoms with E-state index in [2.05, 4.69) is 22.5 Å². The summed E-state index contributed by atoms with van der Waals surface area (Å²) in [4.78, 5) is 0. The second kappa shape index (κ2) is 5.08. The van der Waals surface area contributed by atoms with Crippen LogP contribution in [0.3, 0.4) is 0 Å². The minimum atomic E-state index is -0.0927. The summed E-state index contributed by atoms with van der Waals surface area (Å²) in [6, 6.07) is 8.22. The Morgan fingerprint density at radius 2 is 2.06 bits per heavy atom. The number of nitrogens with zero attached hydrogens (tertiary/aromatic N) is 2. The van der Waals surface area contributed by atoms with Crippen LogP contribution in [0.2, 0.25) is 0 Å². The maximum Gasteiger partial charge on any atom is 0.0841 e. The molecule has 0 fully saturated rings. The first-order chi connectivity index (χ1) is 8.53. The van der Waals surface area contributed by atoms with Crippen LogP contribution in [0.25, 0.3) is 10.9 Å². The van der Waals surface area contributed by atoms with Gasteiger partial charge >= 0.3 is 0 Å². The topological polar surface area (TPSA) is 50.1 Å². The molecule has 2 N–H and O–H groups in total. The van der Waals surface area contributed by atoms with E-state index in [1.807, 2.05) is 37.7 Å². The number of aliphatic hydroxyl groups excluding tert-OH is 1. The molecule has 0 spiro atoms. The Morgan fingerprint density at radius 1 is 1.33 bits per heavy atom. The highest BCUT2D eigenvalue weighted by molar-refractivity contribution is 5.81. The molecule has 0 aliphatic carbocycles. The van der Waals surface area contributed by atoms with Gasteiger partial charge in [-0.05, 0) is 6.07 Å². The molecule has 0 saturated heterocycles. The van der Waals surface area contributed by atoms with Crippen molar-refractivity contribution in [2.75, 3.05) is 13.2 Å². The largest absolute Gasteiger partial charge is 0.396 e. The van der Waals surface area contributed by atoms with E-state index in [1.54, 1.807) is 0 Å². The van der Waals surface area contributed by atoms with Crippen LogP contribution in [-0.2, 0) is 13.6 Å². The molecule has 2 aromatic rings. The minimum Gasteiger partial charge on any atom is -0.396 e. The Labute approximate surface area is 108 Å². The van der Waals surface area contributed by atoms with Gasteiger partial charge in [0.15, 0.2) is 0 Å². The van der Waals surface area contributed by atoms with Crippen molar-refractivity contribution >= 4 is 10.9 Å². The van der Waals surface area contributed by atoms with Crippen molar-refractivity contribution in [1.29, 1.82) is 0 Å². The predicted molar refractivity (Wildman–Crippen MR) is 73.3 cm³/mol. The van der Waals surface area contributed by atoms with Gasteiger partial charge in [0.25, 0.3) is 0 Å². The summed E-state index contributed by atoms with van der Waals surface area (Å²) >= 11 is 0. The fourth-order valence-electron chi connectivity index (χ4n) is 1.99. The maximum atomic E-state index is 9.21. The Kier molecular flexibility index (Phi) is 3.68. The highest BCUT2D eigenvalue weighted by Crippen LogP contribution is 2.18. The highest BCUT2D eigenvalue weighted by atomic mass is 16.3. The van der Waals surface area contributed by atoms with Crippen LogP contribution in [0.5, 0.6) is 0 Å². The average Bonchev–Trinajstić information content (AvgIpc) is 2.67. The van der Waals surface area contributed by atoms with Gasteiger partial charge in [0.1, 0.15) is 0 Å². The molecule has 0 atom stereocenters. The number of hydrogen-bond donors (Lipinski definition) is 2. The fraction of sp³-hybridized carbons (Fsp3) is 0.500. The highest BCUT2D eigenvalue weighted by Gasteiger charge is 2.16. The fourth-order valence-corrected chi connectivity index (χ4v) is 1.99. The van der Waals surface area contributed by atoms with Gasteiger partial charge in [-0.25, -0.2) is 0 Å². The number of para-hydroxylation sites is 1. The standard InChI is InChI=1S/C14H21N3O/c1-14(2,10-18)9-15-8-12-11-6-4-5-7-13(11)17(3)16-12/h4-7,15,18H,8-10H2,1-3H3. The van der Waals surface area contributed by atoms with E-state index in [0.29, 0.717) is 0 Å². The number of benzene rings is 1. The Bertz CT molecular complexity index is 531. The van der Waals surface area contributed by atoms with Gasteiger partial charge in [-0.15, -0.1) is 0 Å². The molecule has 1 heterocycles. The van der Waals surface area contributed by atoms with Crippen molar-refractivity contribution < 1.29 is 5.11 Å². The first-order valence-electron chi connectivity index (χ1n) is 6.26. The zero-order valence-electron chi connectivity index (χ0n) is 11.3. The average molecular weight is 247 g/mol. The molecule has 1 aromatic heterocycles. The maximum absolute atomic E-state index is 9.21. The van der Waals surface area contributed by atoms with E-state index in [-0.39, 0.29) is 12.0 Å². The molecule has 4 heteroatoms. The van der Waals surface area contributed by atoms with Gasteiger partial charge in [0.05, 0.1) is 11.2 Å². The summed E-state index contributed by atoms with van der Waals surface area (Å²) in [5.74, 6) is 0. The Hall–Kier alpha value is -1.39. The van der Waals surface area contributed by atoms with E-state index in [4.69, 9.17) is 0 Å². The molecule has 4 nitrogen and oxygen atoms in total. The molecule has 98 valence electrons. The van der Waals surface area contributed by atoms with Gasteiger partial charge in [0, 0.05) is 37.5 Å². The minimum absolute atomic E-state index is 0.0927. The SMILES string of the molecule is Cn1nc(CNCC(C)(C)CO)c2ccccc21. The lowest BCUT2D eigenvalue weighted by atomic mass is 9.95. The van der Waals surface area contributed by atoms with Crippen molar-refractivity contribution in [1.82, 2.24) is 15.1 Å². The molecule has 0 aliphatic rings. The van der Waals surface area contributed by atoms with Gasteiger partial charge in [-0.2, -0.15) is 5.10 Å². The molecule has 0 unspecified atom stereocenters. The van der Waals surface area contributed by atoms with Crippen LogP contribution in [0.15, 0.2) is 24.3 Å². The van der Waals surface area contributed by atoms with Crippen LogP contribution < -0.4 is 5.32 Å². The predicted octanol–water partition coefficient (Wildman–Crippen LogP) is 1.68. The van der Waals surface area contributed by atoms with E-state index in [1.165, 1.54) is 5.39 Å². The summed E-state index contributed by atoms with van der Waals surface area (Å²) < 4.78 is 1.91. The molecular formula is C14H21N3O. The first-order valence-corrected chi connectivity index (χ1v) is 6.26. The van der Waals surface area contributed by atoms with Gasteiger partial charge < -0.3 is 10.4 Å². The molecule has 0 radical (unpaired) electrons. The Morgan fingerprint density at radius 3 is 2.78 bits per heavy atom. The second-order valence-corrected chi connectivity index (χ2v) is 5.51. The third kappa shape index (κ3) is 2.71. The van der Waals surface area contributed by atoms with E-state index in [9.17, 15) is 5.11 Å². The second-order valence-electron chi connectivity index (χ2n) is 5.51. The smallest absolute Gasteiger partial charge is 0.0841 e. The number of aromatic nitrogens is 2. The number of nitrogens with one attached hydrogen (secondary N) is 1. The number of aryl methyl sites for hydroxylation is 1. The van der Waals surface area contributed by atoms with Crippen molar-refractivity contribution in [3.63, 3.8) is 0 Å². The van der Waals surface area contributed by atoms with Crippen LogP contribution in [0.1, 0.15) is 19.5 Å². The van der Waals surface area contributed by atoms with Crippen LogP contribution in [0.4, 0.5) is 0 Å². The quantitative estimate of drug-likeness (QED) is 0.845. The summed E-state index contributed by atoms with van der Waals surface area (Å²) in [6.45, 7) is 5.76. The van der Waals surface area contributed by atoms with Gasteiger partial charge in [0.2, 0.25) is 0 Å². The van der Waals surface area contributed by atoms with E-state index < -0.39 is 0 Å². The molecule has 18 heavy (non-hydrogen) atoms. The molecule has 2 rings (SSSR count). The lowest BCUT2D eigenvalue weighted by Crippen LogP contribution is -2.32. The van der Waals surface area contributed by atoms with Crippen LogP contribution in [0, 0.1) is 5.41 Å². The number of hydrogen-bond acceptors (Lipinski definition) is 3. The summed E-state index contributed by atoms with van der Waals surface area (Å²) in [7, 11) is 1.96. The normalized spacial score (nSPS) is 12.2. The molecular weight excluding hydrogens is 226 g/mol. The molecule has 0 saturated carbocycles. The van der Waals surface area contributed by atoms with Gasteiger partial charge in [-0.3, -0.25) is 4.68 Å². The third-order valence-electron chi connectivity index (χ3n) is 3.16. The van der Waals surface area contributed by atoms with E-state index >= 15 is 0 Å². The zero-order valence-corrected chi connectivity index (χ0v) is 11.3. The lowest BCUT2D eigenvalue weighted by Gasteiger charge is -2.21. The summed E-state index contributed by atoms with van der Waals surface area (Å²) in [5, 5.41) is 18.3. The van der Waals surface area contributed by atoms with E-state index in [0.717, 1.165) is 24.3 Å².